The van der Waals surface area contributed by atoms with E-state index >= 15 is 0 Å². The van der Waals surface area contributed by atoms with Crippen molar-refractivity contribution in [3.63, 3.8) is 0 Å². The van der Waals surface area contributed by atoms with Gasteiger partial charge in [-0.3, -0.25) is 4.79 Å². The number of benzene rings is 2. The first kappa shape index (κ1) is 19.8. The smallest absolute Gasteiger partial charge is 0.186 e. The fourth-order valence-corrected chi connectivity index (χ4v) is 3.85. The minimum atomic E-state index is 0. The Morgan fingerprint density at radius 2 is 1.57 bits per heavy atom. The molecule has 117 valence electrons. The fraction of sp³-hybridized carbons (Fsp3) is 0.278. The number of carbonyl (C=O) groups is 1. The molecule has 2 rings (SSSR count). The molecule has 0 N–H and O–H groups in total. The molecule has 0 amide bonds. The summed E-state index contributed by atoms with van der Waals surface area (Å²) in [5.74, 6) is 1.41. The van der Waals surface area contributed by atoms with E-state index in [4.69, 9.17) is 9.47 Å². The quantitative estimate of drug-likeness (QED) is 0.625. The van der Waals surface area contributed by atoms with Gasteiger partial charge in [-0.05, 0) is 52.6 Å². The molecule has 23 heavy (non-hydrogen) atoms. The van der Waals surface area contributed by atoms with E-state index in [1.165, 1.54) is 5.56 Å². The van der Waals surface area contributed by atoms with Gasteiger partial charge in [-0.2, -0.15) is 0 Å². The number of ether oxygens (including phenoxy) is 2. The average molecular weight is 323 g/mol. The van der Waals surface area contributed by atoms with Gasteiger partial charge in [0.15, 0.2) is 5.52 Å². The fourth-order valence-electron chi connectivity index (χ4n) is 2.62. The van der Waals surface area contributed by atoms with Gasteiger partial charge < -0.3 is 9.47 Å². The second-order valence-corrected chi connectivity index (χ2v) is 6.54. The summed E-state index contributed by atoms with van der Waals surface area (Å²) in [6.45, 7) is 6.02. The van der Waals surface area contributed by atoms with E-state index in [9.17, 15) is 4.79 Å². The van der Waals surface area contributed by atoms with Crippen molar-refractivity contribution in [1.82, 2.24) is 0 Å². The predicted octanol–water partition coefficient (Wildman–Crippen LogP) is 3.39. The zero-order chi connectivity index (χ0) is 16.3. The summed E-state index contributed by atoms with van der Waals surface area (Å²) in [6, 6.07) is 9.66. The molecule has 1 radical (unpaired) electrons. The Kier molecular flexibility index (Phi) is 7.35. The van der Waals surface area contributed by atoms with Crippen molar-refractivity contribution in [3.8, 4) is 11.5 Å². The molecule has 1 atom stereocenters. The number of hydrogen-bond donors (Lipinski definition) is 0. The van der Waals surface area contributed by atoms with Gasteiger partial charge in [-0.25, -0.2) is 0 Å². The molecule has 0 aliphatic carbocycles. The van der Waals surface area contributed by atoms with Gasteiger partial charge >= 0.3 is 0 Å². The van der Waals surface area contributed by atoms with Crippen LogP contribution in [-0.2, 0) is 0 Å². The van der Waals surface area contributed by atoms with Gasteiger partial charge in [0.1, 0.15) is 11.5 Å². The maximum Gasteiger partial charge on any atom is 0.186 e. The number of carbonyl (C=O) groups excluding carboxylic acids is 1. The first-order valence-corrected chi connectivity index (χ1v) is 8.07. The minimum Gasteiger partial charge on any atom is -0.497 e. The molecule has 0 saturated heterocycles. The summed E-state index contributed by atoms with van der Waals surface area (Å²) < 4.78 is 10.6. The largest absolute Gasteiger partial charge is 0.497 e. The van der Waals surface area contributed by atoms with Crippen LogP contribution in [0, 0.1) is 20.8 Å². The van der Waals surface area contributed by atoms with Crippen LogP contribution in [0.3, 0.4) is 0 Å². The van der Waals surface area contributed by atoms with Crippen LogP contribution >= 0.6 is 8.58 Å². The molecule has 0 fully saturated rings. The summed E-state index contributed by atoms with van der Waals surface area (Å²) in [4.78, 5) is 12.7. The molecular formula is C18H21LiO3P. The van der Waals surface area contributed by atoms with Crippen molar-refractivity contribution in [1.29, 1.82) is 0 Å². The minimum absolute atomic E-state index is 0. The van der Waals surface area contributed by atoms with Gasteiger partial charge in [0.25, 0.3) is 0 Å². The Hall–Kier alpha value is -1.26. The Morgan fingerprint density at radius 1 is 0.957 bits per heavy atom. The molecule has 0 heterocycles. The van der Waals surface area contributed by atoms with Crippen molar-refractivity contribution in [2.75, 3.05) is 14.2 Å². The van der Waals surface area contributed by atoms with Crippen LogP contribution in [0.2, 0.25) is 0 Å². The third-order valence-electron chi connectivity index (χ3n) is 3.56. The first-order valence-electron chi connectivity index (χ1n) is 7.07. The third-order valence-corrected chi connectivity index (χ3v) is 4.72. The van der Waals surface area contributed by atoms with E-state index in [1.54, 1.807) is 14.2 Å². The van der Waals surface area contributed by atoms with E-state index in [0.29, 0.717) is 5.75 Å². The second kappa shape index (κ2) is 8.55. The zero-order valence-corrected chi connectivity index (χ0v) is 15.6. The molecular weight excluding hydrogens is 302 g/mol. The maximum absolute atomic E-state index is 12.7. The summed E-state index contributed by atoms with van der Waals surface area (Å²) in [7, 11) is 3.25. The Labute approximate surface area is 151 Å². The molecule has 1 unspecified atom stereocenters. The van der Waals surface area contributed by atoms with E-state index in [2.05, 4.69) is 12.1 Å². The van der Waals surface area contributed by atoms with E-state index in [-0.39, 0.29) is 33.0 Å². The molecule has 2 aromatic carbocycles. The molecule has 3 nitrogen and oxygen atoms in total. The second-order valence-electron chi connectivity index (χ2n) is 5.29. The molecule has 0 saturated carbocycles. The van der Waals surface area contributed by atoms with Gasteiger partial charge in [0.05, 0.1) is 14.2 Å². The molecule has 0 aromatic heterocycles. The monoisotopic (exact) mass is 323 g/mol. The summed E-state index contributed by atoms with van der Waals surface area (Å²) in [5, 5.41) is 0.896. The number of aryl methyl sites for hydroxylation is 3. The van der Waals surface area contributed by atoms with Gasteiger partial charge in [0, 0.05) is 35.8 Å². The molecule has 2 aromatic rings. The summed E-state index contributed by atoms with van der Waals surface area (Å²) in [5.41, 5.74) is 4.20. The number of methoxy groups -OCH3 is 2. The SMILES string of the molecule is COc1ccc(PC(=O)c2c(C)cc(C)cc2C)c(OC)c1.[Li]. The van der Waals surface area contributed by atoms with Crippen molar-refractivity contribution < 1.29 is 14.3 Å². The van der Waals surface area contributed by atoms with Crippen LogP contribution < -0.4 is 14.8 Å². The van der Waals surface area contributed by atoms with E-state index < -0.39 is 0 Å². The normalized spacial score (nSPS) is 10.5. The number of rotatable bonds is 5. The molecule has 0 bridgehead atoms. The van der Waals surface area contributed by atoms with Crippen LogP contribution in [0.5, 0.6) is 11.5 Å². The van der Waals surface area contributed by atoms with E-state index in [1.807, 2.05) is 39.0 Å². The van der Waals surface area contributed by atoms with E-state index in [0.717, 1.165) is 27.7 Å². The van der Waals surface area contributed by atoms with Crippen LogP contribution in [0.1, 0.15) is 27.0 Å². The first-order chi connectivity index (χ1) is 10.5. The Balaban J connectivity index is 0.00000264. The van der Waals surface area contributed by atoms with Crippen LogP contribution in [-0.4, -0.2) is 38.6 Å². The van der Waals surface area contributed by atoms with Crippen molar-refractivity contribution in [2.45, 2.75) is 20.8 Å². The maximum atomic E-state index is 12.7. The van der Waals surface area contributed by atoms with Crippen LogP contribution in [0.15, 0.2) is 30.3 Å². The van der Waals surface area contributed by atoms with Crippen LogP contribution in [0.25, 0.3) is 0 Å². The molecule has 0 aliphatic rings. The Morgan fingerprint density at radius 3 is 2.09 bits per heavy atom. The topological polar surface area (TPSA) is 35.5 Å². The molecule has 0 spiro atoms. The van der Waals surface area contributed by atoms with Crippen molar-refractivity contribution >= 4 is 38.3 Å². The predicted molar refractivity (Wildman–Crippen MR) is 98.2 cm³/mol. The van der Waals surface area contributed by atoms with Crippen LogP contribution in [0.4, 0.5) is 0 Å². The number of hydrogen-bond acceptors (Lipinski definition) is 3. The standard InChI is InChI=1S/C18H21O3P.Li/c1-11-8-12(2)17(13(3)9-11)18(19)22-16-7-6-14(20-4)10-15(16)21-5;/h6-10,22H,1-5H3;. The van der Waals surface area contributed by atoms with Crippen molar-refractivity contribution in [2.24, 2.45) is 0 Å². The third kappa shape index (κ3) is 4.61. The Bertz CT molecular complexity index is 690. The summed E-state index contributed by atoms with van der Waals surface area (Å²) >= 11 is 0. The van der Waals surface area contributed by atoms with Gasteiger partial charge in [-0.1, -0.05) is 17.7 Å². The summed E-state index contributed by atoms with van der Waals surface area (Å²) in [6.07, 6.45) is 0. The van der Waals surface area contributed by atoms with Gasteiger partial charge in [-0.15, -0.1) is 0 Å². The zero-order valence-electron chi connectivity index (χ0n) is 14.6. The average Bonchev–Trinajstić information content (AvgIpc) is 2.46. The molecule has 5 heteroatoms. The van der Waals surface area contributed by atoms with Crippen molar-refractivity contribution in [3.05, 3.63) is 52.6 Å². The van der Waals surface area contributed by atoms with Gasteiger partial charge in [0.2, 0.25) is 0 Å². The molecule has 0 aliphatic heterocycles.